The van der Waals surface area contributed by atoms with E-state index in [1.54, 1.807) is 12.4 Å². The van der Waals surface area contributed by atoms with Gasteiger partial charge in [0.05, 0.1) is 5.69 Å². The topological polar surface area (TPSA) is 58.0 Å². The minimum absolute atomic E-state index is 0.873. The van der Waals surface area contributed by atoms with Gasteiger partial charge in [-0.2, -0.15) is 4.37 Å². The first-order valence-corrected chi connectivity index (χ1v) is 7.67. The van der Waals surface area contributed by atoms with Crippen molar-refractivity contribution < 1.29 is 0 Å². The van der Waals surface area contributed by atoms with Crippen LogP contribution in [0.3, 0.4) is 0 Å². The smallest absolute Gasteiger partial charge is 0.205 e. The molecule has 0 aliphatic carbocycles. The Bertz CT molecular complexity index is 535. The van der Waals surface area contributed by atoms with E-state index >= 15 is 0 Å². The minimum Gasteiger partial charge on any atom is -0.344 e. The lowest BCUT2D eigenvalue weighted by Crippen LogP contribution is -2.46. The Balaban J connectivity index is 1.54. The van der Waals surface area contributed by atoms with Crippen LogP contribution in [-0.2, 0) is 13.0 Å². The lowest BCUT2D eigenvalue weighted by molar-refractivity contribution is 0.246. The average molecular weight is 290 g/mol. The fourth-order valence-electron chi connectivity index (χ4n) is 2.25. The Morgan fingerprint density at radius 2 is 2.05 bits per heavy atom. The van der Waals surface area contributed by atoms with Crippen molar-refractivity contribution in [3.8, 4) is 0 Å². The number of rotatable bonds is 4. The molecule has 3 heterocycles. The van der Waals surface area contributed by atoms with Crippen molar-refractivity contribution in [2.24, 2.45) is 0 Å². The summed E-state index contributed by atoms with van der Waals surface area (Å²) in [6.07, 6.45) is 6.20. The van der Waals surface area contributed by atoms with Crippen LogP contribution in [0.2, 0.25) is 0 Å². The summed E-state index contributed by atoms with van der Waals surface area (Å²) in [5.74, 6) is 0.951. The van der Waals surface area contributed by atoms with Gasteiger partial charge in [0.15, 0.2) is 0 Å². The summed E-state index contributed by atoms with van der Waals surface area (Å²) in [4.78, 5) is 17.7. The normalized spacial score (nSPS) is 16.6. The van der Waals surface area contributed by atoms with Gasteiger partial charge in [-0.05, 0) is 0 Å². The highest BCUT2D eigenvalue weighted by Crippen LogP contribution is 2.19. The molecule has 0 spiro atoms. The van der Waals surface area contributed by atoms with Gasteiger partial charge in [0.1, 0.15) is 5.82 Å². The second-order valence-corrected chi connectivity index (χ2v) is 5.54. The van der Waals surface area contributed by atoms with Crippen LogP contribution in [0.4, 0.5) is 5.13 Å². The molecule has 1 aliphatic heterocycles. The van der Waals surface area contributed by atoms with E-state index in [0.717, 1.165) is 55.8 Å². The van der Waals surface area contributed by atoms with Crippen LogP contribution in [0.5, 0.6) is 0 Å². The fraction of sp³-hybridized carbons (Fsp3) is 0.538. The first-order chi connectivity index (χ1) is 9.85. The average Bonchev–Trinajstić information content (AvgIpc) is 2.98. The Labute approximate surface area is 122 Å². The van der Waals surface area contributed by atoms with Crippen LogP contribution in [0.15, 0.2) is 18.6 Å². The predicted octanol–water partition coefficient (Wildman–Crippen LogP) is 1.21. The summed E-state index contributed by atoms with van der Waals surface area (Å²) in [5, 5.41) is 1.06. The van der Waals surface area contributed by atoms with E-state index in [1.165, 1.54) is 11.5 Å². The van der Waals surface area contributed by atoms with E-state index in [2.05, 4.69) is 36.0 Å². The molecule has 2 aromatic rings. The first kappa shape index (κ1) is 13.4. The zero-order valence-corrected chi connectivity index (χ0v) is 12.4. The molecule has 0 amide bonds. The summed E-state index contributed by atoms with van der Waals surface area (Å²) in [7, 11) is 0. The molecule has 3 rings (SSSR count). The highest BCUT2D eigenvalue weighted by atomic mass is 32.1. The van der Waals surface area contributed by atoms with Crippen molar-refractivity contribution >= 4 is 16.7 Å². The maximum atomic E-state index is 4.55. The van der Waals surface area contributed by atoms with Crippen LogP contribution < -0.4 is 4.90 Å². The van der Waals surface area contributed by atoms with Gasteiger partial charge in [-0.1, -0.05) is 6.92 Å². The molecule has 1 fully saturated rings. The van der Waals surface area contributed by atoms with Crippen LogP contribution in [-0.4, -0.2) is 50.4 Å². The first-order valence-electron chi connectivity index (χ1n) is 6.90. The Morgan fingerprint density at radius 3 is 2.70 bits per heavy atom. The molecular weight excluding hydrogens is 272 g/mol. The number of hydrogen-bond donors (Lipinski definition) is 0. The standard InChI is InChI=1S/C13H18N6S/c1-2-12-16-13(20-17-12)19-7-5-18(6-8-19)10-11-9-14-3-4-15-11/h3-4,9H,2,5-8,10H2,1H3. The van der Waals surface area contributed by atoms with E-state index in [0.29, 0.717) is 0 Å². The van der Waals surface area contributed by atoms with E-state index in [9.17, 15) is 0 Å². The van der Waals surface area contributed by atoms with Crippen molar-refractivity contribution in [2.75, 3.05) is 31.1 Å². The summed E-state index contributed by atoms with van der Waals surface area (Å²) < 4.78 is 4.35. The maximum absolute atomic E-state index is 4.55. The number of nitrogens with zero attached hydrogens (tertiary/aromatic N) is 6. The molecule has 0 unspecified atom stereocenters. The van der Waals surface area contributed by atoms with Gasteiger partial charge in [0.2, 0.25) is 5.13 Å². The maximum Gasteiger partial charge on any atom is 0.205 e. The highest BCUT2D eigenvalue weighted by Gasteiger charge is 2.20. The van der Waals surface area contributed by atoms with Crippen LogP contribution in [0.25, 0.3) is 0 Å². The molecule has 0 radical (unpaired) electrons. The minimum atomic E-state index is 0.873. The third kappa shape index (κ3) is 3.10. The van der Waals surface area contributed by atoms with Crippen molar-refractivity contribution in [3.05, 3.63) is 30.1 Å². The van der Waals surface area contributed by atoms with E-state index < -0.39 is 0 Å². The van der Waals surface area contributed by atoms with E-state index in [1.807, 2.05) is 6.20 Å². The zero-order chi connectivity index (χ0) is 13.8. The number of hydrogen-bond acceptors (Lipinski definition) is 7. The molecule has 0 bridgehead atoms. The van der Waals surface area contributed by atoms with Crippen molar-refractivity contribution in [1.29, 1.82) is 0 Å². The lowest BCUT2D eigenvalue weighted by atomic mass is 10.3. The van der Waals surface area contributed by atoms with Gasteiger partial charge < -0.3 is 4.90 Å². The Kier molecular flexibility index (Phi) is 4.17. The molecule has 0 saturated carbocycles. The molecule has 0 aromatic carbocycles. The summed E-state index contributed by atoms with van der Waals surface area (Å²) in [6, 6.07) is 0. The van der Waals surface area contributed by atoms with Crippen LogP contribution in [0, 0.1) is 0 Å². The van der Waals surface area contributed by atoms with Gasteiger partial charge in [-0.15, -0.1) is 0 Å². The highest BCUT2D eigenvalue weighted by molar-refractivity contribution is 7.09. The van der Waals surface area contributed by atoms with Gasteiger partial charge in [-0.25, -0.2) is 4.98 Å². The number of piperazine rings is 1. The SMILES string of the molecule is CCc1nsc(N2CCN(Cc3cnccn3)CC2)n1. The molecule has 106 valence electrons. The molecule has 1 saturated heterocycles. The van der Waals surface area contributed by atoms with Gasteiger partial charge in [-0.3, -0.25) is 14.9 Å². The quantitative estimate of drug-likeness (QED) is 0.843. The molecule has 7 heteroatoms. The molecule has 6 nitrogen and oxygen atoms in total. The monoisotopic (exact) mass is 290 g/mol. The molecule has 2 aromatic heterocycles. The van der Waals surface area contributed by atoms with Gasteiger partial charge >= 0.3 is 0 Å². The molecule has 20 heavy (non-hydrogen) atoms. The second kappa shape index (κ2) is 6.23. The molecule has 1 aliphatic rings. The molecule has 0 N–H and O–H groups in total. The third-order valence-corrected chi connectivity index (χ3v) is 4.23. The van der Waals surface area contributed by atoms with E-state index in [-0.39, 0.29) is 0 Å². The predicted molar refractivity (Wildman–Crippen MR) is 78.8 cm³/mol. The zero-order valence-electron chi connectivity index (χ0n) is 11.6. The van der Waals surface area contributed by atoms with Crippen molar-refractivity contribution in [3.63, 3.8) is 0 Å². The Hall–Kier alpha value is -1.60. The van der Waals surface area contributed by atoms with Crippen LogP contribution >= 0.6 is 11.5 Å². The van der Waals surface area contributed by atoms with E-state index in [4.69, 9.17) is 0 Å². The number of aromatic nitrogens is 4. The van der Waals surface area contributed by atoms with Crippen molar-refractivity contribution in [1.82, 2.24) is 24.2 Å². The molecule has 0 atom stereocenters. The van der Waals surface area contributed by atoms with Crippen LogP contribution in [0.1, 0.15) is 18.4 Å². The summed E-state index contributed by atoms with van der Waals surface area (Å²) in [6.45, 7) is 7.01. The summed E-state index contributed by atoms with van der Waals surface area (Å²) in [5.41, 5.74) is 1.03. The Morgan fingerprint density at radius 1 is 1.20 bits per heavy atom. The van der Waals surface area contributed by atoms with Crippen molar-refractivity contribution in [2.45, 2.75) is 19.9 Å². The summed E-state index contributed by atoms with van der Waals surface area (Å²) >= 11 is 1.51. The van der Waals surface area contributed by atoms with Gasteiger partial charge in [0.25, 0.3) is 0 Å². The fourth-order valence-corrected chi connectivity index (χ4v) is 3.06. The largest absolute Gasteiger partial charge is 0.344 e. The lowest BCUT2D eigenvalue weighted by Gasteiger charge is -2.34. The second-order valence-electron chi connectivity index (χ2n) is 4.81. The molecular formula is C13H18N6S. The third-order valence-electron chi connectivity index (χ3n) is 3.42. The number of anilines is 1. The number of aryl methyl sites for hydroxylation is 1. The van der Waals surface area contributed by atoms with Gasteiger partial charge in [0, 0.05) is 69.3 Å².